The summed E-state index contributed by atoms with van der Waals surface area (Å²) in [6.45, 7) is 9.82. The van der Waals surface area contributed by atoms with E-state index in [2.05, 4.69) is 13.8 Å². The maximum Gasteiger partial charge on any atom is 0.235 e. The van der Waals surface area contributed by atoms with Crippen LogP contribution in [0.4, 0.5) is 0 Å². The molecule has 1 unspecified atom stereocenters. The molecule has 0 spiro atoms. The summed E-state index contributed by atoms with van der Waals surface area (Å²) < 4.78 is 16.7. The standard InChI is InChI=1S/C18H28NO4P/c1-6-22-24(23-7-2)16-12-18(3,4)19(17(16)20)13-14-8-10-15(21-5)11-9-14/h8-11,16H,6-7,12-13H2,1-5H3. The lowest BCUT2D eigenvalue weighted by molar-refractivity contribution is -0.131. The number of likely N-dealkylation sites (tertiary alicyclic amines) is 1. The third-order valence-electron chi connectivity index (χ3n) is 4.24. The summed E-state index contributed by atoms with van der Waals surface area (Å²) in [7, 11) is 0.469. The number of benzene rings is 1. The van der Waals surface area contributed by atoms with E-state index in [4.69, 9.17) is 13.8 Å². The van der Waals surface area contributed by atoms with Gasteiger partial charge in [-0.15, -0.1) is 0 Å². The molecule has 1 aliphatic heterocycles. The van der Waals surface area contributed by atoms with Crippen molar-refractivity contribution in [3.8, 4) is 5.75 Å². The lowest BCUT2D eigenvalue weighted by Gasteiger charge is -2.31. The quantitative estimate of drug-likeness (QED) is 0.664. The van der Waals surface area contributed by atoms with Crippen molar-refractivity contribution in [1.82, 2.24) is 4.90 Å². The minimum absolute atomic E-state index is 0.129. The Morgan fingerprint density at radius 1 is 1.17 bits per heavy atom. The van der Waals surface area contributed by atoms with Crippen LogP contribution in [0.1, 0.15) is 39.7 Å². The first-order chi connectivity index (χ1) is 11.4. The monoisotopic (exact) mass is 353 g/mol. The van der Waals surface area contributed by atoms with Crippen molar-refractivity contribution >= 4 is 14.3 Å². The van der Waals surface area contributed by atoms with Crippen molar-refractivity contribution in [3.63, 3.8) is 0 Å². The second-order valence-corrected chi connectivity index (χ2v) is 8.14. The number of hydrogen-bond donors (Lipinski definition) is 0. The lowest BCUT2D eigenvalue weighted by Crippen LogP contribution is -2.40. The van der Waals surface area contributed by atoms with E-state index in [1.807, 2.05) is 43.0 Å². The van der Waals surface area contributed by atoms with E-state index in [1.165, 1.54) is 0 Å². The van der Waals surface area contributed by atoms with Crippen LogP contribution in [0, 0.1) is 0 Å². The van der Waals surface area contributed by atoms with Gasteiger partial charge in [0.25, 0.3) is 0 Å². The van der Waals surface area contributed by atoms with E-state index in [0.29, 0.717) is 19.8 Å². The summed E-state index contributed by atoms with van der Waals surface area (Å²) in [6.07, 6.45) is 0.758. The summed E-state index contributed by atoms with van der Waals surface area (Å²) >= 11 is 0. The Morgan fingerprint density at radius 3 is 2.25 bits per heavy atom. The summed E-state index contributed by atoms with van der Waals surface area (Å²) in [5.74, 6) is 0.948. The van der Waals surface area contributed by atoms with Gasteiger partial charge in [0.1, 0.15) is 11.4 Å². The number of hydrogen-bond acceptors (Lipinski definition) is 4. The summed E-state index contributed by atoms with van der Waals surface area (Å²) in [4.78, 5) is 14.9. The van der Waals surface area contributed by atoms with Gasteiger partial charge >= 0.3 is 0 Å². The predicted octanol–water partition coefficient (Wildman–Crippen LogP) is 3.96. The Kier molecular flexibility index (Phi) is 6.62. The van der Waals surface area contributed by atoms with Gasteiger partial charge in [-0.25, -0.2) is 0 Å². The highest BCUT2D eigenvalue weighted by molar-refractivity contribution is 7.49. The topological polar surface area (TPSA) is 48.0 Å². The van der Waals surface area contributed by atoms with Crippen molar-refractivity contribution in [2.45, 2.75) is 51.9 Å². The first kappa shape index (κ1) is 19.2. The molecule has 0 aliphatic carbocycles. The third-order valence-corrected chi connectivity index (χ3v) is 6.18. The summed E-state index contributed by atoms with van der Waals surface area (Å²) in [5, 5.41) is 0. The molecule has 5 nitrogen and oxygen atoms in total. The van der Waals surface area contributed by atoms with E-state index in [1.54, 1.807) is 7.11 Å². The van der Waals surface area contributed by atoms with Crippen LogP contribution in [0.2, 0.25) is 0 Å². The molecule has 1 fully saturated rings. The maximum absolute atomic E-state index is 13.0. The highest BCUT2D eigenvalue weighted by Gasteiger charge is 2.49. The average molecular weight is 353 g/mol. The average Bonchev–Trinajstić information content (AvgIpc) is 2.79. The minimum atomic E-state index is -1.18. The molecule has 0 bridgehead atoms. The number of carbonyl (C=O) groups excluding carboxylic acids is 1. The zero-order chi connectivity index (χ0) is 17.7. The molecule has 0 N–H and O–H groups in total. The first-order valence-corrected chi connectivity index (χ1v) is 9.67. The second-order valence-electron chi connectivity index (χ2n) is 6.43. The lowest BCUT2D eigenvalue weighted by atomic mass is 10.0. The number of rotatable bonds is 8. The zero-order valence-electron chi connectivity index (χ0n) is 15.2. The van der Waals surface area contributed by atoms with Crippen molar-refractivity contribution in [2.24, 2.45) is 0 Å². The highest BCUT2D eigenvalue weighted by atomic mass is 31.2. The third kappa shape index (κ3) is 4.27. The molecule has 1 heterocycles. The van der Waals surface area contributed by atoms with E-state index < -0.39 is 8.38 Å². The number of nitrogens with zero attached hydrogens (tertiary/aromatic N) is 1. The molecule has 1 aromatic rings. The van der Waals surface area contributed by atoms with Crippen LogP contribution >= 0.6 is 8.38 Å². The molecule has 0 saturated carbocycles. The van der Waals surface area contributed by atoms with Gasteiger partial charge < -0.3 is 18.7 Å². The molecular weight excluding hydrogens is 325 g/mol. The fourth-order valence-corrected chi connectivity index (χ4v) is 4.85. The molecule has 134 valence electrons. The molecular formula is C18H28NO4P. The molecule has 1 atom stereocenters. The van der Waals surface area contributed by atoms with Gasteiger partial charge in [-0.1, -0.05) is 12.1 Å². The van der Waals surface area contributed by atoms with Gasteiger partial charge in [0.05, 0.1) is 20.3 Å². The van der Waals surface area contributed by atoms with Gasteiger partial charge in [0, 0.05) is 12.1 Å². The van der Waals surface area contributed by atoms with Gasteiger partial charge in [-0.3, -0.25) is 4.79 Å². The van der Waals surface area contributed by atoms with Gasteiger partial charge in [-0.2, -0.15) is 0 Å². The van der Waals surface area contributed by atoms with Crippen LogP contribution in [-0.4, -0.2) is 42.3 Å². The van der Waals surface area contributed by atoms with E-state index in [0.717, 1.165) is 17.7 Å². The van der Waals surface area contributed by atoms with Gasteiger partial charge in [0.15, 0.2) is 8.38 Å². The Hall–Kier alpha value is -1.16. The van der Waals surface area contributed by atoms with Crippen molar-refractivity contribution < 1.29 is 18.6 Å². The van der Waals surface area contributed by atoms with E-state index in [-0.39, 0.29) is 17.1 Å². The molecule has 0 radical (unpaired) electrons. The Balaban J connectivity index is 2.15. The van der Waals surface area contributed by atoms with Crippen molar-refractivity contribution in [1.29, 1.82) is 0 Å². The summed E-state index contributed by atoms with van der Waals surface area (Å²) in [5.41, 5.74) is 0.694. The Bertz CT molecular complexity index is 540. The summed E-state index contributed by atoms with van der Waals surface area (Å²) in [6, 6.07) is 7.86. The number of methoxy groups -OCH3 is 1. The Morgan fingerprint density at radius 2 is 1.75 bits per heavy atom. The van der Waals surface area contributed by atoms with Crippen LogP contribution in [0.5, 0.6) is 5.75 Å². The molecule has 1 amide bonds. The fourth-order valence-electron chi connectivity index (χ4n) is 2.99. The molecule has 1 saturated heterocycles. The fraction of sp³-hybridized carbons (Fsp3) is 0.611. The maximum atomic E-state index is 13.0. The first-order valence-electron chi connectivity index (χ1n) is 8.42. The molecule has 0 aromatic heterocycles. The minimum Gasteiger partial charge on any atom is -0.497 e. The predicted molar refractivity (Wildman–Crippen MR) is 96.2 cm³/mol. The largest absolute Gasteiger partial charge is 0.497 e. The molecule has 6 heteroatoms. The number of ether oxygens (including phenoxy) is 1. The van der Waals surface area contributed by atoms with Gasteiger partial charge in [0.2, 0.25) is 5.91 Å². The number of amides is 1. The smallest absolute Gasteiger partial charge is 0.235 e. The van der Waals surface area contributed by atoms with Crippen LogP contribution < -0.4 is 4.74 Å². The van der Waals surface area contributed by atoms with Crippen molar-refractivity contribution in [3.05, 3.63) is 29.8 Å². The number of carbonyl (C=O) groups is 1. The highest BCUT2D eigenvalue weighted by Crippen LogP contribution is 2.52. The molecule has 1 aliphatic rings. The van der Waals surface area contributed by atoms with Crippen LogP contribution in [0.25, 0.3) is 0 Å². The molecule has 24 heavy (non-hydrogen) atoms. The Labute approximate surface area is 146 Å². The normalized spacial score (nSPS) is 20.0. The molecule has 1 aromatic carbocycles. The van der Waals surface area contributed by atoms with Gasteiger partial charge in [-0.05, 0) is 51.8 Å². The van der Waals surface area contributed by atoms with E-state index >= 15 is 0 Å². The SMILES string of the molecule is CCOP(OCC)C1CC(C)(C)N(Cc2ccc(OC)cc2)C1=O. The van der Waals surface area contributed by atoms with Crippen LogP contribution in [-0.2, 0) is 20.4 Å². The van der Waals surface area contributed by atoms with Crippen LogP contribution in [0.3, 0.4) is 0 Å². The van der Waals surface area contributed by atoms with Crippen molar-refractivity contribution in [2.75, 3.05) is 20.3 Å². The zero-order valence-corrected chi connectivity index (χ0v) is 16.1. The van der Waals surface area contributed by atoms with E-state index in [9.17, 15) is 4.79 Å². The second kappa shape index (κ2) is 8.28. The molecule has 2 rings (SSSR count). The van der Waals surface area contributed by atoms with Crippen LogP contribution in [0.15, 0.2) is 24.3 Å².